The Morgan fingerprint density at radius 3 is 2.89 bits per heavy atom. The van der Waals surface area contributed by atoms with Crippen molar-refractivity contribution in [2.75, 3.05) is 6.79 Å². The number of hydrogen-bond acceptors (Lipinski definition) is 6. The number of rotatable bonds is 3. The Bertz CT molecular complexity index is 1100. The van der Waals surface area contributed by atoms with E-state index in [1.165, 1.54) is 11.3 Å². The van der Waals surface area contributed by atoms with Crippen molar-refractivity contribution < 1.29 is 19.0 Å². The summed E-state index contributed by atoms with van der Waals surface area (Å²) in [4.78, 5) is 12.5. The van der Waals surface area contributed by atoms with Gasteiger partial charge in [0.15, 0.2) is 16.6 Å². The molecule has 9 heteroatoms. The van der Waals surface area contributed by atoms with Crippen LogP contribution in [0, 0.1) is 0 Å². The van der Waals surface area contributed by atoms with Gasteiger partial charge in [-0.1, -0.05) is 11.3 Å². The van der Waals surface area contributed by atoms with Crippen molar-refractivity contribution in [3.05, 3.63) is 38.8 Å². The molecule has 1 aromatic carbocycles. The van der Waals surface area contributed by atoms with E-state index in [2.05, 4.69) is 21.0 Å². The Morgan fingerprint density at radius 2 is 2.07 bits per heavy atom. The Kier molecular flexibility index (Phi) is 3.70. The fourth-order valence-electron chi connectivity index (χ4n) is 3.56. The highest BCUT2D eigenvalue weighted by Gasteiger charge is 2.32. The molecule has 138 valence electrons. The number of nitrogens with two attached hydrogens (primary N) is 1. The largest absolute Gasteiger partial charge is 0.454 e. The van der Waals surface area contributed by atoms with Gasteiger partial charge in [-0.3, -0.25) is 9.48 Å². The zero-order valence-corrected chi connectivity index (χ0v) is 16.6. The molecular formula is C18H14BrN3O4S. The summed E-state index contributed by atoms with van der Waals surface area (Å²) in [6, 6.07) is 5.40. The number of aromatic nitrogens is 2. The molecule has 0 saturated heterocycles. The first kappa shape index (κ1) is 16.6. The van der Waals surface area contributed by atoms with Gasteiger partial charge in [0.05, 0.1) is 16.1 Å². The Balaban J connectivity index is 1.65. The van der Waals surface area contributed by atoms with Crippen LogP contribution >= 0.6 is 27.3 Å². The van der Waals surface area contributed by atoms with E-state index in [1.807, 2.05) is 13.1 Å². The van der Waals surface area contributed by atoms with Crippen molar-refractivity contribution in [3.63, 3.8) is 0 Å². The van der Waals surface area contributed by atoms with Crippen LogP contribution < -0.4 is 19.9 Å². The molecule has 2 aromatic heterocycles. The minimum atomic E-state index is -0.443. The van der Waals surface area contributed by atoms with Crippen LogP contribution in [-0.4, -0.2) is 22.5 Å². The zero-order valence-electron chi connectivity index (χ0n) is 14.2. The SMILES string of the molecule is Cn1nc(Br)c2c1-c1c(Oc3ccc4c(c3)OCO4)sc(C(N)=O)c1CC2. The summed E-state index contributed by atoms with van der Waals surface area (Å²) in [5, 5.41) is 5.09. The molecule has 3 heterocycles. The predicted molar refractivity (Wildman–Crippen MR) is 103 cm³/mol. The smallest absolute Gasteiger partial charge is 0.259 e. The van der Waals surface area contributed by atoms with Gasteiger partial charge in [0.1, 0.15) is 10.4 Å². The maximum Gasteiger partial charge on any atom is 0.259 e. The molecule has 3 aromatic rings. The molecule has 27 heavy (non-hydrogen) atoms. The quantitative estimate of drug-likeness (QED) is 0.661. The van der Waals surface area contributed by atoms with Crippen LogP contribution in [0.5, 0.6) is 22.3 Å². The fourth-order valence-corrected chi connectivity index (χ4v) is 5.25. The maximum atomic E-state index is 12.0. The second-order valence-electron chi connectivity index (χ2n) is 6.30. The first-order valence-corrected chi connectivity index (χ1v) is 9.88. The van der Waals surface area contributed by atoms with Gasteiger partial charge in [-0.15, -0.1) is 0 Å². The molecule has 0 atom stereocenters. The first-order valence-electron chi connectivity index (χ1n) is 8.27. The predicted octanol–water partition coefficient (Wildman–Crippen LogP) is 3.63. The summed E-state index contributed by atoms with van der Waals surface area (Å²) in [6.45, 7) is 0.200. The van der Waals surface area contributed by atoms with E-state index in [0.717, 1.165) is 33.4 Å². The van der Waals surface area contributed by atoms with Crippen LogP contribution in [0.2, 0.25) is 0 Å². The number of hydrogen-bond donors (Lipinski definition) is 1. The lowest BCUT2D eigenvalue weighted by atomic mass is 9.91. The van der Waals surface area contributed by atoms with E-state index >= 15 is 0 Å². The van der Waals surface area contributed by atoms with Crippen molar-refractivity contribution in [3.8, 4) is 33.6 Å². The van der Waals surface area contributed by atoms with Crippen molar-refractivity contribution in [1.82, 2.24) is 9.78 Å². The van der Waals surface area contributed by atoms with Gasteiger partial charge in [-0.2, -0.15) is 5.10 Å². The summed E-state index contributed by atoms with van der Waals surface area (Å²) < 4.78 is 19.6. The van der Waals surface area contributed by atoms with Crippen LogP contribution in [-0.2, 0) is 19.9 Å². The average molecular weight is 448 g/mol. The monoisotopic (exact) mass is 447 g/mol. The van der Waals surface area contributed by atoms with E-state index in [1.54, 1.807) is 16.8 Å². The number of benzene rings is 1. The molecule has 7 nitrogen and oxygen atoms in total. The summed E-state index contributed by atoms with van der Waals surface area (Å²) in [5.74, 6) is 1.48. The Hall–Kier alpha value is -2.52. The molecule has 0 unspecified atom stereocenters. The number of primary amides is 1. The van der Waals surface area contributed by atoms with Crippen LogP contribution in [0.4, 0.5) is 0 Å². The second kappa shape index (κ2) is 6.00. The summed E-state index contributed by atoms with van der Waals surface area (Å²) in [7, 11) is 1.88. The summed E-state index contributed by atoms with van der Waals surface area (Å²) in [5.41, 5.74) is 9.49. The molecule has 0 bridgehead atoms. The molecule has 2 N–H and O–H groups in total. The molecule has 1 amide bonds. The number of nitrogens with zero attached hydrogens (tertiary/aromatic N) is 2. The van der Waals surface area contributed by atoms with Crippen LogP contribution in [0.1, 0.15) is 20.8 Å². The number of aryl methyl sites for hydroxylation is 1. The molecular weight excluding hydrogens is 434 g/mol. The zero-order chi connectivity index (χ0) is 18.7. The molecule has 0 saturated carbocycles. The molecule has 0 fully saturated rings. The average Bonchev–Trinajstić information content (AvgIpc) is 3.31. The molecule has 2 aliphatic rings. The standard InChI is InChI=1S/C18H14BrN3O4S/c1-22-14-10(16(19)21-22)4-3-9-13(14)18(27-15(9)17(20)23)26-8-2-5-11-12(6-8)25-7-24-11/h2,5-6H,3-4,7H2,1H3,(H2,20,23). The first-order chi connectivity index (χ1) is 13.0. The topological polar surface area (TPSA) is 88.6 Å². The maximum absolute atomic E-state index is 12.0. The normalized spacial score (nSPS) is 14.0. The lowest BCUT2D eigenvalue weighted by Gasteiger charge is -2.16. The molecule has 0 radical (unpaired) electrons. The number of thiophene rings is 1. The minimum Gasteiger partial charge on any atom is -0.454 e. The number of amides is 1. The molecule has 1 aliphatic carbocycles. The fraction of sp³-hybridized carbons (Fsp3) is 0.222. The number of carbonyl (C=O) groups is 1. The van der Waals surface area contributed by atoms with Gasteiger partial charge < -0.3 is 19.9 Å². The van der Waals surface area contributed by atoms with Crippen molar-refractivity contribution in [1.29, 1.82) is 0 Å². The third kappa shape index (κ3) is 2.53. The van der Waals surface area contributed by atoms with Crippen molar-refractivity contribution in [2.45, 2.75) is 12.8 Å². The summed E-state index contributed by atoms with van der Waals surface area (Å²) in [6.07, 6.45) is 1.50. The minimum absolute atomic E-state index is 0.200. The third-order valence-electron chi connectivity index (χ3n) is 4.71. The van der Waals surface area contributed by atoms with Gasteiger partial charge in [0.25, 0.3) is 5.91 Å². The van der Waals surface area contributed by atoms with Gasteiger partial charge in [0.2, 0.25) is 6.79 Å². The lowest BCUT2D eigenvalue weighted by Crippen LogP contribution is -2.13. The van der Waals surface area contributed by atoms with Crippen molar-refractivity contribution in [2.24, 2.45) is 12.8 Å². The number of carbonyl (C=O) groups excluding carboxylic acids is 1. The molecule has 5 rings (SSSR count). The van der Waals surface area contributed by atoms with Gasteiger partial charge in [-0.25, -0.2) is 0 Å². The van der Waals surface area contributed by atoms with Gasteiger partial charge in [0, 0.05) is 18.7 Å². The van der Waals surface area contributed by atoms with E-state index in [9.17, 15) is 4.79 Å². The van der Waals surface area contributed by atoms with Gasteiger partial charge >= 0.3 is 0 Å². The van der Waals surface area contributed by atoms with E-state index in [-0.39, 0.29) is 6.79 Å². The highest BCUT2D eigenvalue weighted by atomic mass is 79.9. The van der Waals surface area contributed by atoms with Crippen molar-refractivity contribution >= 4 is 33.2 Å². The number of fused-ring (bicyclic) bond motifs is 4. The highest BCUT2D eigenvalue weighted by Crippen LogP contribution is 2.50. The van der Waals surface area contributed by atoms with E-state index < -0.39 is 5.91 Å². The molecule has 0 spiro atoms. The van der Waals surface area contributed by atoms with E-state index in [4.69, 9.17) is 19.9 Å². The Morgan fingerprint density at radius 1 is 1.30 bits per heavy atom. The van der Waals surface area contributed by atoms with Crippen LogP contribution in [0.25, 0.3) is 11.3 Å². The number of ether oxygens (including phenoxy) is 3. The second-order valence-corrected chi connectivity index (χ2v) is 8.03. The van der Waals surface area contributed by atoms with Gasteiger partial charge in [-0.05, 0) is 46.5 Å². The summed E-state index contributed by atoms with van der Waals surface area (Å²) >= 11 is 4.79. The van der Waals surface area contributed by atoms with Crippen LogP contribution in [0.3, 0.4) is 0 Å². The number of halogens is 1. The van der Waals surface area contributed by atoms with Crippen LogP contribution in [0.15, 0.2) is 22.8 Å². The highest BCUT2D eigenvalue weighted by molar-refractivity contribution is 9.10. The third-order valence-corrected chi connectivity index (χ3v) is 6.47. The Labute approximate surface area is 166 Å². The molecule has 1 aliphatic heterocycles. The van der Waals surface area contributed by atoms with E-state index in [0.29, 0.717) is 33.6 Å². The lowest BCUT2D eigenvalue weighted by molar-refractivity contribution is 0.100.